The predicted molar refractivity (Wildman–Crippen MR) is 70.6 cm³/mol. The van der Waals surface area contributed by atoms with Crippen molar-refractivity contribution in [2.45, 2.75) is 66.5 Å². The van der Waals surface area contributed by atoms with Gasteiger partial charge in [-0.3, -0.25) is 9.69 Å². The van der Waals surface area contributed by atoms with Crippen molar-refractivity contribution in [3.8, 4) is 0 Å². The van der Waals surface area contributed by atoms with Crippen molar-refractivity contribution in [2.75, 3.05) is 7.05 Å². The summed E-state index contributed by atoms with van der Waals surface area (Å²) >= 11 is 0. The van der Waals surface area contributed by atoms with Crippen LogP contribution in [0.3, 0.4) is 0 Å². The summed E-state index contributed by atoms with van der Waals surface area (Å²) in [5.41, 5.74) is 0.0403. The third-order valence-corrected chi connectivity index (χ3v) is 3.52. The van der Waals surface area contributed by atoms with Crippen LogP contribution in [0.15, 0.2) is 0 Å². The van der Waals surface area contributed by atoms with E-state index in [2.05, 4.69) is 46.6 Å². The molecule has 0 rings (SSSR count). The van der Waals surface area contributed by atoms with E-state index in [1.54, 1.807) is 0 Å². The number of carbonyl (C=O) groups is 1. The lowest BCUT2D eigenvalue weighted by molar-refractivity contribution is -0.130. The molecule has 0 saturated heterocycles. The Hall–Kier alpha value is -0.370. The minimum Gasteiger partial charge on any atom is -0.298 e. The fraction of sp³-hybridized carbons (Fsp3) is 0.929. The van der Waals surface area contributed by atoms with Crippen LogP contribution in [-0.2, 0) is 4.79 Å². The lowest BCUT2D eigenvalue weighted by Crippen LogP contribution is -2.53. The molecule has 2 nitrogen and oxygen atoms in total. The van der Waals surface area contributed by atoms with Gasteiger partial charge in [-0.15, -0.1) is 0 Å². The molecule has 0 aromatic carbocycles. The molecule has 0 fully saturated rings. The molecule has 96 valence electrons. The highest BCUT2D eigenvalue weighted by molar-refractivity contribution is 5.86. The Balaban J connectivity index is 5.03. The molecule has 16 heavy (non-hydrogen) atoms. The Bertz CT molecular complexity index is 227. The quantitative estimate of drug-likeness (QED) is 0.718. The number of ketones is 1. The third-order valence-electron chi connectivity index (χ3n) is 3.52. The summed E-state index contributed by atoms with van der Waals surface area (Å²) in [6.07, 6.45) is 1.05. The molecule has 0 bridgehead atoms. The fourth-order valence-electron chi connectivity index (χ4n) is 1.84. The Morgan fingerprint density at radius 3 is 1.88 bits per heavy atom. The summed E-state index contributed by atoms with van der Waals surface area (Å²) in [5, 5.41) is 0. The highest BCUT2D eigenvalue weighted by atomic mass is 16.1. The first-order valence-electron chi connectivity index (χ1n) is 6.39. The summed E-state index contributed by atoms with van der Waals surface area (Å²) in [7, 11) is 2.07. The van der Waals surface area contributed by atoms with E-state index >= 15 is 0 Å². The van der Waals surface area contributed by atoms with E-state index in [1.165, 1.54) is 0 Å². The molecule has 0 aliphatic carbocycles. The van der Waals surface area contributed by atoms with Crippen molar-refractivity contribution in [3.05, 3.63) is 0 Å². The number of Topliss-reactive ketones (excluding diaryl/α,β-unsaturated/α-hetero) is 1. The molecule has 0 aromatic rings. The van der Waals surface area contributed by atoms with Crippen molar-refractivity contribution >= 4 is 5.78 Å². The number of hydrogen-bond acceptors (Lipinski definition) is 2. The van der Waals surface area contributed by atoms with E-state index in [1.807, 2.05) is 13.8 Å². The predicted octanol–water partition coefficient (Wildman–Crippen LogP) is 3.36. The van der Waals surface area contributed by atoms with Crippen molar-refractivity contribution < 1.29 is 4.79 Å². The standard InChI is InChI=1S/C14H29NO/c1-9-11(4)12(13(16)10(2)3)15(8)14(5,6)7/h10-12H,9H2,1-8H3/t11-,12-/m0/s1. The summed E-state index contributed by atoms with van der Waals surface area (Å²) in [6.45, 7) is 14.8. The molecule has 0 aliphatic rings. The first-order valence-corrected chi connectivity index (χ1v) is 6.39. The molecule has 0 amide bonds. The molecule has 0 unspecified atom stereocenters. The Labute approximate surface area is 101 Å². The van der Waals surface area contributed by atoms with Crippen LogP contribution < -0.4 is 0 Å². The average molecular weight is 227 g/mol. The third kappa shape index (κ3) is 3.89. The van der Waals surface area contributed by atoms with Gasteiger partial charge in [0, 0.05) is 11.5 Å². The topological polar surface area (TPSA) is 20.3 Å². The Morgan fingerprint density at radius 1 is 1.19 bits per heavy atom. The lowest BCUT2D eigenvalue weighted by atomic mass is 9.86. The molecule has 0 spiro atoms. The van der Waals surface area contributed by atoms with Crippen molar-refractivity contribution in [2.24, 2.45) is 11.8 Å². The Morgan fingerprint density at radius 2 is 1.62 bits per heavy atom. The second-order valence-electron chi connectivity index (χ2n) is 6.17. The first kappa shape index (κ1) is 15.6. The maximum atomic E-state index is 12.3. The zero-order chi connectivity index (χ0) is 13.1. The first-order chi connectivity index (χ1) is 7.12. The Kier molecular flexibility index (Phi) is 5.67. The van der Waals surface area contributed by atoms with Gasteiger partial charge in [0.1, 0.15) is 0 Å². The largest absolute Gasteiger partial charge is 0.298 e. The van der Waals surface area contributed by atoms with Gasteiger partial charge >= 0.3 is 0 Å². The molecule has 0 aromatic heterocycles. The van der Waals surface area contributed by atoms with E-state index in [0.717, 1.165) is 6.42 Å². The van der Waals surface area contributed by atoms with Crippen molar-refractivity contribution in [1.82, 2.24) is 4.90 Å². The fourth-order valence-corrected chi connectivity index (χ4v) is 1.84. The smallest absolute Gasteiger partial charge is 0.152 e. The monoisotopic (exact) mass is 227 g/mol. The van der Waals surface area contributed by atoms with Gasteiger partial charge in [-0.1, -0.05) is 34.1 Å². The molecule has 0 aliphatic heterocycles. The van der Waals surface area contributed by atoms with Gasteiger partial charge in [0.25, 0.3) is 0 Å². The van der Waals surface area contributed by atoms with E-state index < -0.39 is 0 Å². The summed E-state index contributed by atoms with van der Waals surface area (Å²) in [5.74, 6) is 0.898. The number of carbonyl (C=O) groups excluding carboxylic acids is 1. The minimum atomic E-state index is 0.0403. The van der Waals surface area contributed by atoms with Crippen LogP contribution in [0.5, 0.6) is 0 Å². The van der Waals surface area contributed by atoms with Gasteiger partial charge in [-0.05, 0) is 33.7 Å². The molecule has 2 atom stereocenters. The molecular weight excluding hydrogens is 198 g/mol. The van der Waals surface area contributed by atoms with Gasteiger partial charge in [0.2, 0.25) is 0 Å². The lowest BCUT2D eigenvalue weighted by Gasteiger charge is -2.41. The number of rotatable bonds is 5. The molecule has 2 heteroatoms. The zero-order valence-electron chi connectivity index (χ0n) is 12.3. The maximum Gasteiger partial charge on any atom is 0.152 e. The highest BCUT2D eigenvalue weighted by Crippen LogP contribution is 2.24. The van der Waals surface area contributed by atoms with E-state index in [9.17, 15) is 4.79 Å². The zero-order valence-corrected chi connectivity index (χ0v) is 12.3. The molecule has 0 saturated carbocycles. The van der Waals surface area contributed by atoms with Crippen LogP contribution in [0.1, 0.15) is 54.9 Å². The van der Waals surface area contributed by atoms with E-state index in [-0.39, 0.29) is 17.5 Å². The number of hydrogen-bond donors (Lipinski definition) is 0. The van der Waals surface area contributed by atoms with Crippen LogP contribution in [-0.4, -0.2) is 29.3 Å². The van der Waals surface area contributed by atoms with Crippen LogP contribution in [0, 0.1) is 11.8 Å². The number of nitrogens with zero attached hydrogens (tertiary/aromatic N) is 1. The van der Waals surface area contributed by atoms with Gasteiger partial charge in [0.05, 0.1) is 6.04 Å². The molecule has 0 N–H and O–H groups in total. The van der Waals surface area contributed by atoms with Crippen molar-refractivity contribution in [1.29, 1.82) is 0 Å². The van der Waals surface area contributed by atoms with Gasteiger partial charge in [-0.25, -0.2) is 0 Å². The summed E-state index contributed by atoms with van der Waals surface area (Å²) in [4.78, 5) is 14.5. The summed E-state index contributed by atoms with van der Waals surface area (Å²) < 4.78 is 0. The van der Waals surface area contributed by atoms with Crippen LogP contribution in [0.2, 0.25) is 0 Å². The van der Waals surface area contributed by atoms with E-state index in [4.69, 9.17) is 0 Å². The highest BCUT2D eigenvalue weighted by Gasteiger charge is 2.34. The second kappa shape index (κ2) is 5.81. The van der Waals surface area contributed by atoms with Crippen LogP contribution in [0.4, 0.5) is 0 Å². The SMILES string of the molecule is CC[C@H](C)[C@@H](C(=O)C(C)C)N(C)C(C)(C)C. The molecular formula is C14H29NO. The van der Waals surface area contributed by atoms with Gasteiger partial charge < -0.3 is 0 Å². The average Bonchev–Trinajstić information content (AvgIpc) is 2.15. The van der Waals surface area contributed by atoms with Gasteiger partial charge in [0.15, 0.2) is 5.78 Å². The molecule has 0 heterocycles. The van der Waals surface area contributed by atoms with Gasteiger partial charge in [-0.2, -0.15) is 0 Å². The maximum absolute atomic E-state index is 12.3. The van der Waals surface area contributed by atoms with E-state index in [0.29, 0.717) is 11.7 Å². The molecule has 0 radical (unpaired) electrons. The van der Waals surface area contributed by atoms with Crippen LogP contribution in [0.25, 0.3) is 0 Å². The number of likely N-dealkylation sites (N-methyl/N-ethyl adjacent to an activating group) is 1. The minimum absolute atomic E-state index is 0.0403. The second-order valence-corrected chi connectivity index (χ2v) is 6.17. The van der Waals surface area contributed by atoms with Crippen LogP contribution >= 0.6 is 0 Å². The van der Waals surface area contributed by atoms with Crippen molar-refractivity contribution in [3.63, 3.8) is 0 Å². The summed E-state index contributed by atoms with van der Waals surface area (Å²) in [6, 6.07) is 0.0463. The normalized spacial score (nSPS) is 16.6.